The predicted octanol–water partition coefficient (Wildman–Crippen LogP) is 5.20. The fourth-order valence-electron chi connectivity index (χ4n) is 8.06. The molecule has 3 fully saturated rings. The number of amides is 3. The SMILES string of the molecule is C=CCCC(=O)OC[C@@H](NC(=O)[C@@H]1[C@H]2C(=O)N([C@@H](CO)Cc3ccccc3)[C@H](C(=O)N(CC=C)c3ccc(Cl)cc3)[C@]23CC[C@H]1O3)c1ccccc1. The Kier molecular flexibility index (Phi) is 11.6. The van der Waals surface area contributed by atoms with Crippen LogP contribution < -0.4 is 10.2 Å². The lowest BCUT2D eigenvalue weighted by Crippen LogP contribution is -2.59. The van der Waals surface area contributed by atoms with Gasteiger partial charge >= 0.3 is 5.97 Å². The maximum absolute atomic E-state index is 15.0. The molecule has 3 saturated heterocycles. The van der Waals surface area contributed by atoms with Crippen molar-refractivity contribution in [2.45, 2.75) is 61.9 Å². The van der Waals surface area contributed by atoms with Crippen molar-refractivity contribution < 1.29 is 33.8 Å². The molecule has 3 aromatic carbocycles. The Labute approximate surface area is 309 Å². The number of halogens is 1. The van der Waals surface area contributed by atoms with Gasteiger partial charge in [0, 0.05) is 23.7 Å². The first-order valence-electron chi connectivity index (χ1n) is 17.7. The fourth-order valence-corrected chi connectivity index (χ4v) is 8.19. The fraction of sp³-hybridized carbons (Fsp3) is 0.366. The molecule has 3 aromatic rings. The predicted molar refractivity (Wildman–Crippen MR) is 197 cm³/mol. The summed E-state index contributed by atoms with van der Waals surface area (Å²) in [7, 11) is 0. The molecule has 3 aliphatic heterocycles. The van der Waals surface area contributed by atoms with Gasteiger partial charge in [0.2, 0.25) is 11.8 Å². The van der Waals surface area contributed by atoms with Crippen LogP contribution in [0.1, 0.15) is 42.9 Å². The summed E-state index contributed by atoms with van der Waals surface area (Å²) in [6.45, 7) is 7.14. The van der Waals surface area contributed by atoms with Crippen molar-refractivity contribution in [2.75, 3.05) is 24.7 Å². The van der Waals surface area contributed by atoms with Crippen LogP contribution in [0.5, 0.6) is 0 Å². The molecular formula is C41H44ClN3O7. The molecule has 6 rings (SSSR count). The summed E-state index contributed by atoms with van der Waals surface area (Å²) in [4.78, 5) is 59.8. The van der Waals surface area contributed by atoms with E-state index in [-0.39, 0.29) is 26.0 Å². The number of aliphatic hydroxyl groups excluding tert-OH is 1. The van der Waals surface area contributed by atoms with Gasteiger partial charge in [-0.25, -0.2) is 0 Å². The van der Waals surface area contributed by atoms with Crippen molar-refractivity contribution >= 4 is 41.0 Å². The highest BCUT2D eigenvalue weighted by Crippen LogP contribution is 2.59. The van der Waals surface area contributed by atoms with Crippen LogP contribution in [0.2, 0.25) is 5.02 Å². The van der Waals surface area contributed by atoms with Gasteiger partial charge in [0.15, 0.2) is 0 Å². The second-order valence-corrected chi connectivity index (χ2v) is 14.0. The average molecular weight is 726 g/mol. The highest BCUT2D eigenvalue weighted by atomic mass is 35.5. The van der Waals surface area contributed by atoms with Crippen LogP contribution in [0.4, 0.5) is 5.69 Å². The monoisotopic (exact) mass is 725 g/mol. The Morgan fingerprint density at radius 2 is 1.73 bits per heavy atom. The summed E-state index contributed by atoms with van der Waals surface area (Å²) in [5, 5.41) is 14.4. The first-order valence-corrected chi connectivity index (χ1v) is 18.0. The van der Waals surface area contributed by atoms with E-state index in [1.54, 1.807) is 41.3 Å². The number of allylic oxidation sites excluding steroid dienone is 1. The number of likely N-dealkylation sites (tertiary alicyclic amines) is 1. The summed E-state index contributed by atoms with van der Waals surface area (Å²) in [6, 6.07) is 22.8. The Morgan fingerprint density at radius 3 is 2.38 bits per heavy atom. The van der Waals surface area contributed by atoms with E-state index in [9.17, 15) is 24.3 Å². The number of anilines is 1. The van der Waals surface area contributed by atoms with E-state index in [1.807, 2.05) is 60.7 Å². The number of rotatable bonds is 16. The third kappa shape index (κ3) is 7.28. The average Bonchev–Trinajstić information content (AvgIpc) is 3.82. The van der Waals surface area contributed by atoms with Crippen molar-refractivity contribution in [2.24, 2.45) is 11.8 Å². The maximum atomic E-state index is 15.0. The largest absolute Gasteiger partial charge is 0.463 e. The molecule has 272 valence electrons. The zero-order valence-electron chi connectivity index (χ0n) is 28.9. The number of nitrogens with one attached hydrogen (secondary N) is 1. The van der Waals surface area contributed by atoms with E-state index in [4.69, 9.17) is 21.1 Å². The van der Waals surface area contributed by atoms with Crippen molar-refractivity contribution in [3.63, 3.8) is 0 Å². The van der Waals surface area contributed by atoms with Crippen LogP contribution >= 0.6 is 11.6 Å². The van der Waals surface area contributed by atoms with Gasteiger partial charge in [0.25, 0.3) is 5.91 Å². The summed E-state index contributed by atoms with van der Waals surface area (Å²) >= 11 is 6.19. The van der Waals surface area contributed by atoms with Gasteiger partial charge in [-0.2, -0.15) is 0 Å². The molecule has 2 bridgehead atoms. The van der Waals surface area contributed by atoms with E-state index >= 15 is 0 Å². The number of esters is 1. The highest BCUT2D eigenvalue weighted by molar-refractivity contribution is 6.30. The van der Waals surface area contributed by atoms with Crippen molar-refractivity contribution in [3.05, 3.63) is 126 Å². The van der Waals surface area contributed by atoms with Gasteiger partial charge in [-0.05, 0) is 61.1 Å². The molecule has 0 aliphatic carbocycles. The zero-order chi connectivity index (χ0) is 36.8. The van der Waals surface area contributed by atoms with Gasteiger partial charge in [0.05, 0.1) is 36.6 Å². The molecule has 1 spiro atoms. The number of aliphatic hydroxyl groups is 1. The number of nitrogens with zero attached hydrogens (tertiary/aromatic N) is 2. The lowest BCUT2D eigenvalue weighted by Gasteiger charge is -2.39. The van der Waals surface area contributed by atoms with Crippen LogP contribution in [-0.4, -0.2) is 77.2 Å². The third-order valence-corrected chi connectivity index (χ3v) is 10.6. The molecule has 3 heterocycles. The van der Waals surface area contributed by atoms with Gasteiger partial charge in [0.1, 0.15) is 18.2 Å². The Bertz CT molecular complexity index is 1770. The van der Waals surface area contributed by atoms with Crippen molar-refractivity contribution in [1.29, 1.82) is 0 Å². The quantitative estimate of drug-likeness (QED) is 0.154. The minimum Gasteiger partial charge on any atom is -0.463 e. The minimum atomic E-state index is -1.32. The maximum Gasteiger partial charge on any atom is 0.306 e. The molecule has 10 nitrogen and oxygen atoms in total. The number of carbonyl (C=O) groups excluding carboxylic acids is 4. The van der Waals surface area contributed by atoms with Gasteiger partial charge in [-0.15, -0.1) is 13.2 Å². The highest BCUT2D eigenvalue weighted by Gasteiger charge is 2.75. The molecule has 0 unspecified atom stereocenters. The molecule has 0 saturated carbocycles. The lowest BCUT2D eigenvalue weighted by molar-refractivity contribution is -0.146. The third-order valence-electron chi connectivity index (χ3n) is 10.4. The van der Waals surface area contributed by atoms with Crippen LogP contribution in [0, 0.1) is 11.8 Å². The van der Waals surface area contributed by atoms with E-state index in [1.165, 1.54) is 4.90 Å². The molecule has 2 N–H and O–H groups in total. The number of ether oxygens (including phenoxy) is 2. The molecule has 11 heteroatoms. The lowest BCUT2D eigenvalue weighted by atomic mass is 9.70. The summed E-state index contributed by atoms with van der Waals surface area (Å²) in [5.41, 5.74) is 0.838. The summed E-state index contributed by atoms with van der Waals surface area (Å²) < 4.78 is 12.3. The normalized spacial score (nSPS) is 24.1. The Morgan fingerprint density at radius 1 is 1.04 bits per heavy atom. The number of fused-ring (bicyclic) bond motifs is 1. The molecule has 0 aromatic heterocycles. The standard InChI is InChI=1S/C41H44ClN3O7/c1-3-5-16-34(47)51-26-32(28-14-10-7-11-15-28)43-38(48)35-33-21-22-41(52-33)36(35)39(49)45(31(25-46)24-27-12-8-6-9-13-27)37(41)40(50)44(23-4-2)30-19-17-29(42)18-20-30/h3-4,6-15,17-20,31-33,35-37,46H,1-2,5,16,21-26H2,(H,43,48)/t31-,32-,33-,35+,36+,37-,41+/m1/s1. The summed E-state index contributed by atoms with van der Waals surface area (Å²) in [6.07, 6.45) is 4.36. The summed E-state index contributed by atoms with van der Waals surface area (Å²) in [5.74, 6) is -3.59. The van der Waals surface area contributed by atoms with Crippen LogP contribution in [-0.2, 0) is 35.1 Å². The number of benzene rings is 3. The van der Waals surface area contributed by atoms with Crippen LogP contribution in [0.15, 0.2) is 110 Å². The zero-order valence-corrected chi connectivity index (χ0v) is 29.7. The van der Waals surface area contributed by atoms with Gasteiger partial charge in [-0.1, -0.05) is 84.4 Å². The Hall–Kier alpha value is -4.77. The van der Waals surface area contributed by atoms with Gasteiger partial charge in [-0.3, -0.25) is 19.2 Å². The molecule has 7 atom stereocenters. The van der Waals surface area contributed by atoms with Crippen molar-refractivity contribution in [3.8, 4) is 0 Å². The molecular weight excluding hydrogens is 682 g/mol. The van der Waals surface area contributed by atoms with Gasteiger partial charge < -0.3 is 29.7 Å². The van der Waals surface area contributed by atoms with E-state index in [0.29, 0.717) is 30.0 Å². The number of hydrogen-bond donors (Lipinski definition) is 2. The molecule has 3 aliphatic rings. The van der Waals surface area contributed by atoms with E-state index in [2.05, 4.69) is 18.5 Å². The van der Waals surface area contributed by atoms with E-state index in [0.717, 1.165) is 11.1 Å². The van der Waals surface area contributed by atoms with E-state index < -0.39 is 72.0 Å². The smallest absolute Gasteiger partial charge is 0.306 e. The van der Waals surface area contributed by atoms with Crippen LogP contribution in [0.3, 0.4) is 0 Å². The molecule has 0 radical (unpaired) electrons. The molecule has 52 heavy (non-hydrogen) atoms. The minimum absolute atomic E-state index is 0.109. The molecule has 3 amide bonds. The first-order chi connectivity index (χ1) is 25.2. The van der Waals surface area contributed by atoms with Crippen LogP contribution in [0.25, 0.3) is 0 Å². The topological polar surface area (TPSA) is 125 Å². The van der Waals surface area contributed by atoms with Crippen molar-refractivity contribution in [1.82, 2.24) is 10.2 Å². The number of carbonyl (C=O) groups is 4. The Balaban J connectivity index is 1.36. The number of hydrogen-bond acceptors (Lipinski definition) is 7. The first kappa shape index (κ1) is 37.0. The second-order valence-electron chi connectivity index (χ2n) is 13.5. The second kappa shape index (κ2) is 16.3.